The molecule has 0 radical (unpaired) electrons. The molecule has 1 atom stereocenters. The zero-order valence-electron chi connectivity index (χ0n) is 10.1. The summed E-state index contributed by atoms with van der Waals surface area (Å²) in [6, 6.07) is 5.12. The smallest absolute Gasteiger partial charge is 0.344 e. The number of amidine groups is 1. The molecule has 1 unspecified atom stereocenters. The Kier molecular flexibility index (Phi) is 2.83. The lowest BCUT2D eigenvalue weighted by Gasteiger charge is -2.21. The van der Waals surface area contributed by atoms with Gasteiger partial charge in [-0.15, -0.1) is 4.40 Å². The van der Waals surface area contributed by atoms with Gasteiger partial charge >= 0.3 is 10.2 Å². The van der Waals surface area contributed by atoms with Gasteiger partial charge in [0.25, 0.3) is 0 Å². The maximum absolute atomic E-state index is 11.5. The highest BCUT2D eigenvalue weighted by Gasteiger charge is 2.26. The van der Waals surface area contributed by atoms with Crippen LogP contribution in [0.1, 0.15) is 12.0 Å². The van der Waals surface area contributed by atoms with Gasteiger partial charge < -0.3 is 15.8 Å². The van der Waals surface area contributed by atoms with Crippen LogP contribution in [0.15, 0.2) is 22.6 Å². The summed E-state index contributed by atoms with van der Waals surface area (Å²) < 4.78 is 34.5. The second-order valence-electron chi connectivity index (χ2n) is 4.47. The van der Waals surface area contributed by atoms with Gasteiger partial charge in [0.05, 0.1) is 11.3 Å². The third-order valence-corrected chi connectivity index (χ3v) is 3.96. The van der Waals surface area contributed by atoms with Gasteiger partial charge in [-0.05, 0) is 25.1 Å². The minimum Gasteiger partial charge on any atom is -0.488 e. The molecule has 1 aromatic carbocycles. The molecule has 2 aliphatic heterocycles. The van der Waals surface area contributed by atoms with Crippen LogP contribution in [0.2, 0.25) is 0 Å². The molecular weight excluding hydrogens is 268 g/mol. The molecule has 0 bridgehead atoms. The van der Waals surface area contributed by atoms with Gasteiger partial charge in [0.15, 0.2) is 5.84 Å². The molecule has 0 spiro atoms. The average molecular weight is 282 g/mol. The second-order valence-corrected chi connectivity index (χ2v) is 5.80. The van der Waals surface area contributed by atoms with Crippen LogP contribution in [-0.2, 0) is 10.2 Å². The summed E-state index contributed by atoms with van der Waals surface area (Å²) in [7, 11) is -3.74. The van der Waals surface area contributed by atoms with E-state index in [1.807, 2.05) is 0 Å². The molecule has 4 N–H and O–H groups in total. The van der Waals surface area contributed by atoms with E-state index in [-0.39, 0.29) is 11.9 Å². The number of benzene rings is 1. The second kappa shape index (κ2) is 4.39. The zero-order chi connectivity index (χ0) is 13.5. The fourth-order valence-electron chi connectivity index (χ4n) is 2.22. The molecule has 0 aliphatic carbocycles. The topological polar surface area (TPSA) is 106 Å². The van der Waals surface area contributed by atoms with Crippen LogP contribution < -0.4 is 20.5 Å². The standard InChI is InChI=1S/C11H14N4O3S/c12-11-10-8(14-19(16,17)15-11)2-1-3-9(10)18-7-4-5-13-6-7/h1-3,7,13-14H,4-6H2,(H2,12,15). The van der Waals surface area contributed by atoms with Gasteiger partial charge in [-0.1, -0.05) is 6.07 Å². The number of nitrogens with zero attached hydrogens (tertiary/aromatic N) is 1. The Morgan fingerprint density at radius 1 is 1.42 bits per heavy atom. The Hall–Kier alpha value is -1.80. The van der Waals surface area contributed by atoms with Crippen molar-refractivity contribution in [3.05, 3.63) is 23.8 Å². The van der Waals surface area contributed by atoms with E-state index in [0.29, 0.717) is 17.0 Å². The average Bonchev–Trinajstić information content (AvgIpc) is 2.79. The maximum atomic E-state index is 11.5. The lowest BCUT2D eigenvalue weighted by atomic mass is 10.1. The molecule has 0 aromatic heterocycles. The number of nitrogens with one attached hydrogen (secondary N) is 2. The molecule has 2 heterocycles. The molecule has 1 fully saturated rings. The Balaban J connectivity index is 1.99. The van der Waals surface area contributed by atoms with Crippen molar-refractivity contribution in [3.8, 4) is 5.75 Å². The number of hydrogen-bond donors (Lipinski definition) is 3. The number of anilines is 1. The highest BCUT2D eigenvalue weighted by molar-refractivity contribution is 7.91. The quantitative estimate of drug-likeness (QED) is 0.696. The first-order valence-corrected chi connectivity index (χ1v) is 7.38. The minimum absolute atomic E-state index is 0.0460. The summed E-state index contributed by atoms with van der Waals surface area (Å²) in [6.07, 6.45) is 0.977. The van der Waals surface area contributed by atoms with Crippen molar-refractivity contribution in [2.45, 2.75) is 12.5 Å². The van der Waals surface area contributed by atoms with E-state index in [0.717, 1.165) is 19.5 Å². The van der Waals surface area contributed by atoms with E-state index < -0.39 is 10.2 Å². The fourth-order valence-corrected chi connectivity index (χ4v) is 3.07. The molecule has 3 rings (SSSR count). The van der Waals surface area contributed by atoms with E-state index in [9.17, 15) is 8.42 Å². The number of fused-ring (bicyclic) bond motifs is 1. The monoisotopic (exact) mass is 282 g/mol. The van der Waals surface area contributed by atoms with Crippen molar-refractivity contribution in [1.29, 1.82) is 0 Å². The van der Waals surface area contributed by atoms with E-state index in [1.165, 1.54) is 0 Å². The van der Waals surface area contributed by atoms with Gasteiger partial charge in [-0.3, -0.25) is 4.72 Å². The first-order valence-electron chi connectivity index (χ1n) is 5.94. The van der Waals surface area contributed by atoms with Crippen LogP contribution >= 0.6 is 0 Å². The molecular formula is C11H14N4O3S. The molecule has 2 aliphatic rings. The van der Waals surface area contributed by atoms with Crippen molar-refractivity contribution < 1.29 is 13.2 Å². The first-order chi connectivity index (χ1) is 9.05. The largest absolute Gasteiger partial charge is 0.488 e. The molecule has 1 saturated heterocycles. The van der Waals surface area contributed by atoms with E-state index in [4.69, 9.17) is 10.5 Å². The van der Waals surface area contributed by atoms with Crippen LogP contribution in [0.25, 0.3) is 0 Å². The number of rotatable bonds is 2. The van der Waals surface area contributed by atoms with Gasteiger partial charge in [0.1, 0.15) is 11.9 Å². The summed E-state index contributed by atoms with van der Waals surface area (Å²) in [6.45, 7) is 1.68. The van der Waals surface area contributed by atoms with Crippen molar-refractivity contribution in [2.24, 2.45) is 10.1 Å². The van der Waals surface area contributed by atoms with Crippen LogP contribution in [0, 0.1) is 0 Å². The summed E-state index contributed by atoms with van der Waals surface area (Å²) in [5.74, 6) is 0.505. The third-order valence-electron chi connectivity index (χ3n) is 3.05. The van der Waals surface area contributed by atoms with Gasteiger partial charge in [0, 0.05) is 6.54 Å². The van der Waals surface area contributed by atoms with Crippen molar-refractivity contribution in [1.82, 2.24) is 5.32 Å². The predicted octanol–water partition coefficient (Wildman–Crippen LogP) is -0.197. The van der Waals surface area contributed by atoms with E-state index in [1.54, 1.807) is 18.2 Å². The Labute approximate surface area is 111 Å². The number of hydrogen-bond acceptors (Lipinski definition) is 5. The lowest BCUT2D eigenvalue weighted by Crippen LogP contribution is -2.28. The Morgan fingerprint density at radius 3 is 3.00 bits per heavy atom. The summed E-state index contributed by atoms with van der Waals surface area (Å²) >= 11 is 0. The number of ether oxygens (including phenoxy) is 1. The molecule has 7 nitrogen and oxygen atoms in total. The SMILES string of the molecule is NC1=NS(=O)(=O)Nc2cccc(OC3CCNC3)c21. The summed E-state index contributed by atoms with van der Waals surface area (Å²) in [4.78, 5) is 0. The van der Waals surface area contributed by atoms with Crippen LogP contribution in [0.5, 0.6) is 5.75 Å². The molecule has 102 valence electrons. The van der Waals surface area contributed by atoms with Crippen LogP contribution in [0.4, 0.5) is 5.69 Å². The van der Waals surface area contributed by atoms with E-state index in [2.05, 4.69) is 14.4 Å². The highest BCUT2D eigenvalue weighted by Crippen LogP contribution is 2.31. The molecule has 0 saturated carbocycles. The lowest BCUT2D eigenvalue weighted by molar-refractivity contribution is 0.223. The van der Waals surface area contributed by atoms with E-state index >= 15 is 0 Å². The maximum Gasteiger partial charge on any atom is 0.344 e. The molecule has 0 amide bonds. The predicted molar refractivity (Wildman–Crippen MR) is 71.6 cm³/mol. The summed E-state index contributed by atoms with van der Waals surface area (Å²) in [5.41, 5.74) is 6.64. The van der Waals surface area contributed by atoms with Crippen LogP contribution in [0.3, 0.4) is 0 Å². The normalized spacial score (nSPS) is 24.2. The first kappa shape index (κ1) is 12.2. The molecule has 1 aromatic rings. The van der Waals surface area contributed by atoms with Gasteiger partial charge in [-0.25, -0.2) is 0 Å². The van der Waals surface area contributed by atoms with Crippen molar-refractivity contribution >= 4 is 21.7 Å². The van der Waals surface area contributed by atoms with Crippen LogP contribution in [-0.4, -0.2) is 33.4 Å². The van der Waals surface area contributed by atoms with Crippen molar-refractivity contribution in [2.75, 3.05) is 17.8 Å². The third kappa shape index (κ3) is 2.36. The van der Waals surface area contributed by atoms with Crippen molar-refractivity contribution in [3.63, 3.8) is 0 Å². The minimum atomic E-state index is -3.74. The van der Waals surface area contributed by atoms with Gasteiger partial charge in [-0.2, -0.15) is 8.42 Å². The molecule has 8 heteroatoms. The Bertz CT molecular complexity index is 635. The highest BCUT2D eigenvalue weighted by atomic mass is 32.2. The Morgan fingerprint density at radius 2 is 2.26 bits per heavy atom. The molecule has 19 heavy (non-hydrogen) atoms. The fraction of sp³-hybridized carbons (Fsp3) is 0.364. The zero-order valence-corrected chi connectivity index (χ0v) is 10.9. The summed E-state index contributed by atoms with van der Waals surface area (Å²) in [5, 5.41) is 3.20. The number of nitrogens with two attached hydrogens (primary N) is 1. The van der Waals surface area contributed by atoms with Gasteiger partial charge in [0.2, 0.25) is 0 Å².